The van der Waals surface area contributed by atoms with E-state index in [4.69, 9.17) is 0 Å². The molecule has 2 N–H and O–H groups in total. The monoisotopic (exact) mass is 287 g/mol. The molecule has 1 atom stereocenters. The highest BCUT2D eigenvalue weighted by molar-refractivity contribution is 5.75. The first kappa shape index (κ1) is 14.4. The zero-order valence-corrected chi connectivity index (χ0v) is 12.6. The van der Waals surface area contributed by atoms with Gasteiger partial charge in [0.15, 0.2) is 0 Å². The minimum atomic E-state index is 0.0914. The Morgan fingerprint density at radius 3 is 2.67 bits per heavy atom. The topological polar surface area (TPSA) is 44.4 Å². The van der Waals surface area contributed by atoms with E-state index in [1.54, 1.807) is 0 Å². The number of nitrogens with zero attached hydrogens (tertiary/aromatic N) is 1. The van der Waals surface area contributed by atoms with Gasteiger partial charge in [-0.1, -0.05) is 36.8 Å². The number of benzene rings is 1. The molecule has 0 radical (unpaired) electrons. The molecule has 0 spiro atoms. The van der Waals surface area contributed by atoms with Crippen LogP contribution in [0.4, 0.5) is 4.79 Å². The standard InChI is InChI=1S/C17H25N3O/c21-17(19-12-14-6-2-1-3-7-14)20(16-9-10-16)13-15-8-4-5-11-18-15/h1-3,6-7,15-16,18H,4-5,8-13H2,(H,19,21). The van der Waals surface area contributed by atoms with Gasteiger partial charge in [0, 0.05) is 25.2 Å². The number of carbonyl (C=O) groups excluding carboxylic acids is 1. The highest BCUT2D eigenvalue weighted by atomic mass is 16.2. The molecule has 1 aromatic carbocycles. The van der Waals surface area contributed by atoms with Crippen LogP contribution < -0.4 is 10.6 Å². The average Bonchev–Trinajstić information content (AvgIpc) is 3.37. The smallest absolute Gasteiger partial charge is 0.317 e. The Morgan fingerprint density at radius 2 is 2.00 bits per heavy atom. The summed E-state index contributed by atoms with van der Waals surface area (Å²) in [7, 11) is 0. The molecular weight excluding hydrogens is 262 g/mol. The van der Waals surface area contributed by atoms with Gasteiger partial charge in [0.1, 0.15) is 0 Å². The summed E-state index contributed by atoms with van der Waals surface area (Å²) >= 11 is 0. The van der Waals surface area contributed by atoms with Crippen molar-refractivity contribution in [3.63, 3.8) is 0 Å². The molecule has 2 fully saturated rings. The minimum absolute atomic E-state index is 0.0914. The molecule has 114 valence electrons. The van der Waals surface area contributed by atoms with Crippen LogP contribution in [0.1, 0.15) is 37.7 Å². The van der Waals surface area contributed by atoms with Crippen LogP contribution >= 0.6 is 0 Å². The molecule has 1 saturated heterocycles. The van der Waals surface area contributed by atoms with Crippen LogP contribution in [-0.4, -0.2) is 36.1 Å². The van der Waals surface area contributed by atoms with Crippen LogP contribution in [0, 0.1) is 0 Å². The first-order valence-corrected chi connectivity index (χ1v) is 8.15. The molecule has 2 amide bonds. The quantitative estimate of drug-likeness (QED) is 0.874. The van der Waals surface area contributed by atoms with Gasteiger partial charge in [0.2, 0.25) is 0 Å². The highest BCUT2D eigenvalue weighted by Gasteiger charge is 2.34. The number of rotatable bonds is 5. The third-order valence-electron chi connectivity index (χ3n) is 4.36. The zero-order valence-electron chi connectivity index (χ0n) is 12.6. The van der Waals surface area contributed by atoms with Crippen molar-refractivity contribution in [1.82, 2.24) is 15.5 Å². The van der Waals surface area contributed by atoms with Crippen molar-refractivity contribution in [2.45, 2.75) is 50.7 Å². The van der Waals surface area contributed by atoms with Crippen molar-refractivity contribution in [2.24, 2.45) is 0 Å². The van der Waals surface area contributed by atoms with E-state index in [0.29, 0.717) is 18.6 Å². The van der Waals surface area contributed by atoms with E-state index in [0.717, 1.165) is 31.5 Å². The van der Waals surface area contributed by atoms with Gasteiger partial charge in [-0.25, -0.2) is 4.79 Å². The number of carbonyl (C=O) groups is 1. The maximum atomic E-state index is 12.5. The van der Waals surface area contributed by atoms with E-state index in [1.807, 2.05) is 35.2 Å². The molecule has 4 heteroatoms. The minimum Gasteiger partial charge on any atom is -0.334 e. The van der Waals surface area contributed by atoms with Crippen LogP contribution in [0.2, 0.25) is 0 Å². The predicted molar refractivity (Wildman–Crippen MR) is 84.0 cm³/mol. The Morgan fingerprint density at radius 1 is 1.19 bits per heavy atom. The van der Waals surface area contributed by atoms with Gasteiger partial charge in [-0.05, 0) is 37.8 Å². The third kappa shape index (κ3) is 4.21. The van der Waals surface area contributed by atoms with E-state index in [2.05, 4.69) is 10.6 Å². The van der Waals surface area contributed by atoms with Gasteiger partial charge in [-0.2, -0.15) is 0 Å². The fourth-order valence-corrected chi connectivity index (χ4v) is 2.98. The van der Waals surface area contributed by atoms with Crippen LogP contribution in [0.3, 0.4) is 0 Å². The maximum Gasteiger partial charge on any atom is 0.317 e. The summed E-state index contributed by atoms with van der Waals surface area (Å²) in [6.07, 6.45) is 6.05. The summed E-state index contributed by atoms with van der Waals surface area (Å²) in [4.78, 5) is 14.5. The number of amides is 2. The van der Waals surface area contributed by atoms with Gasteiger partial charge in [-0.3, -0.25) is 0 Å². The summed E-state index contributed by atoms with van der Waals surface area (Å²) in [6, 6.07) is 11.1. The largest absolute Gasteiger partial charge is 0.334 e. The summed E-state index contributed by atoms with van der Waals surface area (Å²) in [5, 5.41) is 6.61. The lowest BCUT2D eigenvalue weighted by atomic mass is 10.0. The first-order chi connectivity index (χ1) is 10.3. The van der Waals surface area contributed by atoms with Crippen LogP contribution in [0.5, 0.6) is 0 Å². The summed E-state index contributed by atoms with van der Waals surface area (Å²) in [6.45, 7) is 2.56. The van der Waals surface area contributed by atoms with E-state index in [1.165, 1.54) is 19.3 Å². The van der Waals surface area contributed by atoms with Crippen molar-refractivity contribution in [3.05, 3.63) is 35.9 Å². The highest BCUT2D eigenvalue weighted by Crippen LogP contribution is 2.27. The zero-order chi connectivity index (χ0) is 14.5. The van der Waals surface area contributed by atoms with Gasteiger partial charge in [0.05, 0.1) is 0 Å². The van der Waals surface area contributed by atoms with Gasteiger partial charge in [0.25, 0.3) is 0 Å². The van der Waals surface area contributed by atoms with Crippen molar-refractivity contribution in [2.75, 3.05) is 13.1 Å². The SMILES string of the molecule is O=C(NCc1ccccc1)N(CC1CCCCN1)C1CC1. The molecule has 4 nitrogen and oxygen atoms in total. The molecule has 0 aromatic heterocycles. The summed E-state index contributed by atoms with van der Waals surface area (Å²) in [5.41, 5.74) is 1.15. The Labute approximate surface area is 126 Å². The Hall–Kier alpha value is -1.55. The summed E-state index contributed by atoms with van der Waals surface area (Å²) in [5.74, 6) is 0. The molecule has 3 rings (SSSR count). The second-order valence-corrected chi connectivity index (χ2v) is 6.17. The molecule has 1 saturated carbocycles. The Kier molecular flexibility index (Phi) is 4.76. The summed E-state index contributed by atoms with van der Waals surface area (Å²) < 4.78 is 0. The van der Waals surface area contributed by atoms with Crippen LogP contribution in [0.25, 0.3) is 0 Å². The molecular formula is C17H25N3O. The fraction of sp³-hybridized carbons (Fsp3) is 0.588. The molecule has 2 aliphatic rings. The number of piperidine rings is 1. The number of hydrogen-bond acceptors (Lipinski definition) is 2. The van der Waals surface area contributed by atoms with Crippen LogP contribution in [-0.2, 0) is 6.54 Å². The van der Waals surface area contributed by atoms with Crippen LogP contribution in [0.15, 0.2) is 30.3 Å². The number of urea groups is 1. The van der Waals surface area contributed by atoms with E-state index >= 15 is 0 Å². The predicted octanol–water partition coefficient (Wildman–Crippen LogP) is 2.50. The van der Waals surface area contributed by atoms with Crippen molar-refractivity contribution >= 4 is 6.03 Å². The second kappa shape index (κ2) is 6.94. The molecule has 1 aromatic rings. The Bertz CT molecular complexity index is 452. The third-order valence-corrected chi connectivity index (χ3v) is 4.36. The van der Waals surface area contributed by atoms with E-state index < -0.39 is 0 Å². The number of hydrogen-bond donors (Lipinski definition) is 2. The van der Waals surface area contributed by atoms with Crippen molar-refractivity contribution in [3.8, 4) is 0 Å². The lowest BCUT2D eigenvalue weighted by molar-refractivity contribution is 0.182. The molecule has 0 bridgehead atoms. The lowest BCUT2D eigenvalue weighted by Crippen LogP contribution is -2.49. The molecule has 1 aliphatic heterocycles. The lowest BCUT2D eigenvalue weighted by Gasteiger charge is -2.30. The Balaban J connectivity index is 1.52. The van der Waals surface area contributed by atoms with Gasteiger partial charge >= 0.3 is 6.03 Å². The van der Waals surface area contributed by atoms with Gasteiger partial charge in [-0.15, -0.1) is 0 Å². The first-order valence-electron chi connectivity index (χ1n) is 8.15. The molecule has 1 aliphatic carbocycles. The van der Waals surface area contributed by atoms with Crippen molar-refractivity contribution < 1.29 is 4.79 Å². The second-order valence-electron chi connectivity index (χ2n) is 6.17. The molecule has 1 heterocycles. The maximum absolute atomic E-state index is 12.5. The normalized spacial score (nSPS) is 21.8. The van der Waals surface area contributed by atoms with E-state index in [-0.39, 0.29) is 6.03 Å². The molecule has 1 unspecified atom stereocenters. The van der Waals surface area contributed by atoms with Crippen molar-refractivity contribution in [1.29, 1.82) is 0 Å². The average molecular weight is 287 g/mol. The fourth-order valence-electron chi connectivity index (χ4n) is 2.98. The van der Waals surface area contributed by atoms with Gasteiger partial charge < -0.3 is 15.5 Å². The number of nitrogens with one attached hydrogen (secondary N) is 2. The molecule has 21 heavy (non-hydrogen) atoms. The van der Waals surface area contributed by atoms with E-state index in [9.17, 15) is 4.79 Å².